The molecule has 3 nitrogen and oxygen atoms in total. The van der Waals surface area contributed by atoms with Gasteiger partial charge in [0.05, 0.1) is 5.75 Å². The van der Waals surface area contributed by atoms with Crippen LogP contribution in [-0.4, -0.2) is 35.7 Å². The van der Waals surface area contributed by atoms with E-state index in [2.05, 4.69) is 41.9 Å². The molecule has 1 atom stereocenters. The van der Waals surface area contributed by atoms with Gasteiger partial charge < -0.3 is 10.6 Å². The Labute approximate surface area is 145 Å². The average Bonchev–Trinajstić information content (AvgIpc) is 2.89. The molecule has 1 amide bonds. The van der Waals surface area contributed by atoms with Gasteiger partial charge in [-0.2, -0.15) is 0 Å². The Balaban J connectivity index is 0.00000220. The predicted molar refractivity (Wildman–Crippen MR) is 95.4 cm³/mol. The number of benzene rings is 1. The molecule has 0 saturated carbocycles. The first kappa shape index (κ1) is 18.8. The zero-order valence-corrected chi connectivity index (χ0v) is 15.6. The number of rotatable bonds is 4. The van der Waals surface area contributed by atoms with Gasteiger partial charge in [-0.15, -0.1) is 24.2 Å². The maximum atomic E-state index is 12.3. The first-order valence-electron chi connectivity index (χ1n) is 6.92. The molecule has 1 aromatic carbocycles. The molecule has 2 rings (SSSR count). The van der Waals surface area contributed by atoms with E-state index in [0.717, 1.165) is 23.9 Å². The first-order valence-corrected chi connectivity index (χ1v) is 8.70. The van der Waals surface area contributed by atoms with Crippen LogP contribution in [0, 0.1) is 13.8 Å². The molecule has 0 aromatic heterocycles. The third-order valence-electron chi connectivity index (χ3n) is 3.78. The summed E-state index contributed by atoms with van der Waals surface area (Å²) >= 11 is 5.16. The minimum atomic E-state index is 0. The third-order valence-corrected chi connectivity index (χ3v) is 5.77. The molecule has 118 valence electrons. The Hall–Kier alpha value is -0.230. The lowest BCUT2D eigenvalue weighted by atomic mass is 10.2. The molecule has 1 aliphatic rings. The lowest BCUT2D eigenvalue weighted by Gasteiger charge is -2.23. The minimum Gasteiger partial charge on any atom is -0.338 e. The first-order chi connectivity index (χ1) is 9.52. The largest absolute Gasteiger partial charge is 0.338 e. The second-order valence-electron chi connectivity index (χ2n) is 5.27. The highest BCUT2D eigenvalue weighted by atomic mass is 79.9. The van der Waals surface area contributed by atoms with E-state index in [9.17, 15) is 4.79 Å². The Morgan fingerprint density at radius 2 is 2.14 bits per heavy atom. The van der Waals surface area contributed by atoms with Gasteiger partial charge in [-0.05, 0) is 49.9 Å². The van der Waals surface area contributed by atoms with Crippen LogP contribution >= 0.6 is 40.1 Å². The van der Waals surface area contributed by atoms with Gasteiger partial charge in [-0.1, -0.05) is 15.9 Å². The summed E-state index contributed by atoms with van der Waals surface area (Å²) in [6, 6.07) is 4.50. The maximum absolute atomic E-state index is 12.3. The summed E-state index contributed by atoms with van der Waals surface area (Å²) in [6.07, 6.45) is 2.12. The van der Waals surface area contributed by atoms with Crippen molar-refractivity contribution in [2.24, 2.45) is 5.73 Å². The Morgan fingerprint density at radius 1 is 1.43 bits per heavy atom. The van der Waals surface area contributed by atoms with Gasteiger partial charge in [0.1, 0.15) is 0 Å². The van der Waals surface area contributed by atoms with E-state index >= 15 is 0 Å². The van der Waals surface area contributed by atoms with Gasteiger partial charge in [-0.25, -0.2) is 0 Å². The quantitative estimate of drug-likeness (QED) is 0.796. The Kier molecular flexibility index (Phi) is 7.54. The fourth-order valence-corrected chi connectivity index (χ4v) is 3.99. The van der Waals surface area contributed by atoms with Gasteiger partial charge in [0.15, 0.2) is 0 Å². The molecule has 1 fully saturated rings. The molecule has 1 heterocycles. The smallest absolute Gasteiger partial charge is 0.233 e. The second kappa shape index (κ2) is 8.42. The van der Waals surface area contributed by atoms with Crippen LogP contribution < -0.4 is 5.73 Å². The molecule has 0 aliphatic carbocycles. The normalized spacial score (nSPS) is 17.7. The number of halogens is 2. The molecular formula is C15H22BrClN2OS. The van der Waals surface area contributed by atoms with Crippen molar-refractivity contribution in [1.82, 2.24) is 4.90 Å². The fraction of sp³-hybridized carbons (Fsp3) is 0.533. The predicted octanol–water partition coefficient (Wildman–Crippen LogP) is 3.53. The molecule has 2 N–H and O–H groups in total. The topological polar surface area (TPSA) is 46.3 Å². The lowest BCUT2D eigenvalue weighted by Crippen LogP contribution is -2.40. The van der Waals surface area contributed by atoms with Gasteiger partial charge >= 0.3 is 0 Å². The van der Waals surface area contributed by atoms with E-state index in [0.29, 0.717) is 12.3 Å². The van der Waals surface area contributed by atoms with Crippen molar-refractivity contribution < 1.29 is 4.79 Å². The number of likely N-dealkylation sites (tertiary alicyclic amines) is 1. The van der Waals surface area contributed by atoms with E-state index in [1.807, 2.05) is 4.90 Å². The summed E-state index contributed by atoms with van der Waals surface area (Å²) < 4.78 is 1.12. The van der Waals surface area contributed by atoms with Crippen LogP contribution in [-0.2, 0) is 4.79 Å². The van der Waals surface area contributed by atoms with E-state index < -0.39 is 0 Å². The number of amides is 1. The van der Waals surface area contributed by atoms with E-state index in [4.69, 9.17) is 5.73 Å². The van der Waals surface area contributed by atoms with Crippen LogP contribution in [0.5, 0.6) is 0 Å². The number of hydrogen-bond donors (Lipinski definition) is 1. The van der Waals surface area contributed by atoms with Crippen molar-refractivity contribution in [3.8, 4) is 0 Å². The van der Waals surface area contributed by atoms with Crippen LogP contribution in [0.25, 0.3) is 0 Å². The Morgan fingerprint density at radius 3 is 2.81 bits per heavy atom. The summed E-state index contributed by atoms with van der Waals surface area (Å²) in [4.78, 5) is 15.4. The second-order valence-corrected chi connectivity index (χ2v) is 7.15. The summed E-state index contributed by atoms with van der Waals surface area (Å²) in [6.45, 7) is 5.59. The van der Waals surface area contributed by atoms with Crippen molar-refractivity contribution in [3.63, 3.8) is 0 Å². The molecule has 1 saturated heterocycles. The third kappa shape index (κ3) is 4.62. The highest BCUT2D eigenvalue weighted by Crippen LogP contribution is 2.29. The maximum Gasteiger partial charge on any atom is 0.233 e. The summed E-state index contributed by atoms with van der Waals surface area (Å²) in [5, 5.41) is 0. The highest BCUT2D eigenvalue weighted by molar-refractivity contribution is 9.10. The van der Waals surface area contributed by atoms with Crippen LogP contribution in [0.15, 0.2) is 21.5 Å². The number of nitrogens with zero attached hydrogens (tertiary/aromatic N) is 1. The zero-order chi connectivity index (χ0) is 14.7. The van der Waals surface area contributed by atoms with Crippen LogP contribution in [0.3, 0.4) is 0 Å². The van der Waals surface area contributed by atoms with Crippen molar-refractivity contribution in [2.45, 2.75) is 37.6 Å². The van der Waals surface area contributed by atoms with Crippen LogP contribution in [0.2, 0.25) is 0 Å². The van der Waals surface area contributed by atoms with Crippen molar-refractivity contribution in [3.05, 3.63) is 27.7 Å². The summed E-state index contributed by atoms with van der Waals surface area (Å²) in [7, 11) is 0. The highest BCUT2D eigenvalue weighted by Gasteiger charge is 2.27. The molecule has 6 heteroatoms. The molecule has 0 bridgehead atoms. The van der Waals surface area contributed by atoms with Crippen LogP contribution in [0.1, 0.15) is 24.0 Å². The molecule has 0 spiro atoms. The molecule has 1 aliphatic heterocycles. The molecule has 1 aromatic rings. The fourth-order valence-electron chi connectivity index (χ4n) is 2.54. The van der Waals surface area contributed by atoms with E-state index in [1.54, 1.807) is 11.8 Å². The molecule has 0 radical (unpaired) electrons. The van der Waals surface area contributed by atoms with Gasteiger partial charge in [0, 0.05) is 28.5 Å². The number of hydrogen-bond acceptors (Lipinski definition) is 3. The molecular weight excluding hydrogens is 372 g/mol. The van der Waals surface area contributed by atoms with E-state index in [-0.39, 0.29) is 24.4 Å². The summed E-state index contributed by atoms with van der Waals surface area (Å²) in [5.41, 5.74) is 8.13. The van der Waals surface area contributed by atoms with Crippen LogP contribution in [0.4, 0.5) is 0 Å². The minimum absolute atomic E-state index is 0. The number of thioether (sulfide) groups is 1. The Bertz CT molecular complexity index is 513. The van der Waals surface area contributed by atoms with Crippen molar-refractivity contribution in [1.29, 1.82) is 0 Å². The van der Waals surface area contributed by atoms with Gasteiger partial charge in [0.25, 0.3) is 0 Å². The zero-order valence-electron chi connectivity index (χ0n) is 12.4. The van der Waals surface area contributed by atoms with Gasteiger partial charge in [-0.3, -0.25) is 4.79 Å². The molecule has 1 unspecified atom stereocenters. The standard InChI is InChI=1S/C15H21BrN2OS.ClH/c1-10-7-14(11(2)6-13(10)16)20-9-15(19)18-5-3-4-12(18)8-17;/h6-7,12H,3-5,8-9,17H2,1-2H3;1H. The summed E-state index contributed by atoms with van der Waals surface area (Å²) in [5.74, 6) is 0.709. The van der Waals surface area contributed by atoms with Crippen molar-refractivity contribution in [2.75, 3.05) is 18.8 Å². The number of aryl methyl sites for hydroxylation is 2. The van der Waals surface area contributed by atoms with Gasteiger partial charge in [0.2, 0.25) is 5.91 Å². The number of carbonyl (C=O) groups is 1. The monoisotopic (exact) mass is 392 g/mol. The average molecular weight is 394 g/mol. The number of nitrogens with two attached hydrogens (primary N) is 1. The number of carbonyl (C=O) groups excluding carboxylic acids is 1. The lowest BCUT2D eigenvalue weighted by molar-refractivity contribution is -0.128. The SMILES string of the molecule is Cc1cc(SCC(=O)N2CCCC2CN)c(C)cc1Br.Cl. The van der Waals surface area contributed by atoms with Crippen molar-refractivity contribution >= 4 is 46.0 Å². The molecule has 21 heavy (non-hydrogen) atoms. The van der Waals surface area contributed by atoms with E-state index in [1.165, 1.54) is 16.0 Å².